The molecule has 0 aliphatic rings. The summed E-state index contributed by atoms with van der Waals surface area (Å²) in [7, 11) is 3.90. The Morgan fingerprint density at radius 2 is 1.87 bits per heavy atom. The summed E-state index contributed by atoms with van der Waals surface area (Å²) in [5, 5.41) is 0. The molecule has 80 valence electrons. The highest BCUT2D eigenvalue weighted by Gasteiger charge is 2.04. The van der Waals surface area contributed by atoms with Gasteiger partial charge < -0.3 is 4.90 Å². The summed E-state index contributed by atoms with van der Waals surface area (Å²) in [5.74, 6) is 7.08. The number of rotatable bonds is 1. The average Bonchev–Trinajstić information content (AvgIpc) is 2.14. The summed E-state index contributed by atoms with van der Waals surface area (Å²) in [6.07, 6.45) is 1.54. The van der Waals surface area contributed by atoms with Crippen molar-refractivity contribution in [3.8, 4) is 11.8 Å². The van der Waals surface area contributed by atoms with Crippen LogP contribution in [0.25, 0.3) is 0 Å². The van der Waals surface area contributed by atoms with E-state index in [0.29, 0.717) is 0 Å². The van der Waals surface area contributed by atoms with Gasteiger partial charge in [-0.05, 0) is 26.7 Å². The Bertz CT molecular complexity index is 391. The molecule has 0 saturated heterocycles. The molecule has 1 aromatic rings. The average molecular weight is 203 g/mol. The van der Waals surface area contributed by atoms with Crippen LogP contribution < -0.4 is 4.90 Å². The SMILES string of the molecule is CN(C)c1cc(C#CC(C)(C)C)ncn1. The summed E-state index contributed by atoms with van der Waals surface area (Å²) < 4.78 is 0. The first-order chi connectivity index (χ1) is 6.88. The quantitative estimate of drug-likeness (QED) is 0.653. The van der Waals surface area contributed by atoms with Gasteiger partial charge in [0, 0.05) is 25.6 Å². The molecule has 15 heavy (non-hydrogen) atoms. The maximum absolute atomic E-state index is 4.13. The number of nitrogens with zero attached hydrogens (tertiary/aromatic N) is 3. The van der Waals surface area contributed by atoms with E-state index in [4.69, 9.17) is 0 Å². The van der Waals surface area contributed by atoms with E-state index in [9.17, 15) is 0 Å². The first-order valence-electron chi connectivity index (χ1n) is 4.91. The van der Waals surface area contributed by atoms with Crippen LogP contribution in [0.1, 0.15) is 26.5 Å². The number of anilines is 1. The van der Waals surface area contributed by atoms with Gasteiger partial charge in [0.2, 0.25) is 0 Å². The Morgan fingerprint density at radius 1 is 1.20 bits per heavy atom. The normalized spacial score (nSPS) is 10.5. The Kier molecular flexibility index (Phi) is 3.31. The molecule has 0 unspecified atom stereocenters. The molecule has 3 nitrogen and oxygen atoms in total. The van der Waals surface area contributed by atoms with E-state index in [0.717, 1.165) is 11.5 Å². The molecule has 0 atom stereocenters. The minimum absolute atomic E-state index is 0.00320. The van der Waals surface area contributed by atoms with E-state index >= 15 is 0 Å². The fraction of sp³-hybridized carbons (Fsp3) is 0.500. The van der Waals surface area contributed by atoms with Crippen LogP contribution in [-0.4, -0.2) is 24.1 Å². The number of hydrogen-bond donors (Lipinski definition) is 0. The van der Waals surface area contributed by atoms with Gasteiger partial charge >= 0.3 is 0 Å². The van der Waals surface area contributed by atoms with E-state index in [2.05, 4.69) is 42.6 Å². The Morgan fingerprint density at radius 3 is 2.40 bits per heavy atom. The van der Waals surface area contributed by atoms with Gasteiger partial charge in [-0.2, -0.15) is 0 Å². The van der Waals surface area contributed by atoms with Crippen molar-refractivity contribution in [3.05, 3.63) is 18.1 Å². The van der Waals surface area contributed by atoms with Crippen LogP contribution in [0.5, 0.6) is 0 Å². The van der Waals surface area contributed by atoms with Crippen molar-refractivity contribution in [1.29, 1.82) is 0 Å². The van der Waals surface area contributed by atoms with Crippen molar-refractivity contribution in [1.82, 2.24) is 9.97 Å². The minimum atomic E-state index is 0.00320. The summed E-state index contributed by atoms with van der Waals surface area (Å²) >= 11 is 0. The molecule has 0 fully saturated rings. The van der Waals surface area contributed by atoms with E-state index in [1.807, 2.05) is 25.1 Å². The van der Waals surface area contributed by atoms with Crippen molar-refractivity contribution in [2.24, 2.45) is 5.41 Å². The van der Waals surface area contributed by atoms with E-state index in [1.54, 1.807) is 6.33 Å². The van der Waals surface area contributed by atoms with Gasteiger partial charge in [-0.3, -0.25) is 0 Å². The molecule has 0 aliphatic carbocycles. The number of hydrogen-bond acceptors (Lipinski definition) is 3. The lowest BCUT2D eigenvalue weighted by molar-refractivity contribution is 0.571. The molecular formula is C12H17N3. The monoisotopic (exact) mass is 203 g/mol. The highest BCUT2D eigenvalue weighted by atomic mass is 15.1. The smallest absolute Gasteiger partial charge is 0.132 e. The van der Waals surface area contributed by atoms with Gasteiger partial charge in [-0.25, -0.2) is 9.97 Å². The standard InChI is InChI=1S/C12H17N3/c1-12(2,3)7-6-10-8-11(15(4)5)14-9-13-10/h8-9H,1-5H3. The molecule has 0 aliphatic heterocycles. The van der Waals surface area contributed by atoms with Gasteiger partial charge in [0.15, 0.2) is 0 Å². The first kappa shape index (κ1) is 11.5. The third-order valence-electron chi connectivity index (χ3n) is 1.68. The Labute approximate surface area is 91.5 Å². The zero-order valence-electron chi connectivity index (χ0n) is 10.00. The van der Waals surface area contributed by atoms with Gasteiger partial charge in [-0.1, -0.05) is 5.92 Å². The van der Waals surface area contributed by atoms with Crippen molar-refractivity contribution in [2.45, 2.75) is 20.8 Å². The summed E-state index contributed by atoms with van der Waals surface area (Å²) in [6.45, 7) is 6.23. The molecule has 1 rings (SSSR count). The molecule has 0 spiro atoms. The van der Waals surface area contributed by atoms with E-state index in [1.165, 1.54) is 0 Å². The third kappa shape index (κ3) is 3.99. The lowest BCUT2D eigenvalue weighted by Gasteiger charge is -2.10. The van der Waals surface area contributed by atoms with Crippen molar-refractivity contribution in [2.75, 3.05) is 19.0 Å². The molecule has 0 bridgehead atoms. The first-order valence-corrected chi connectivity index (χ1v) is 4.91. The van der Waals surface area contributed by atoms with Crippen LogP contribution in [-0.2, 0) is 0 Å². The van der Waals surface area contributed by atoms with Crippen LogP contribution in [0.15, 0.2) is 12.4 Å². The molecule has 1 heterocycles. The van der Waals surface area contributed by atoms with Crippen LogP contribution >= 0.6 is 0 Å². The van der Waals surface area contributed by atoms with Crippen LogP contribution in [0, 0.1) is 17.3 Å². The van der Waals surface area contributed by atoms with Crippen molar-refractivity contribution < 1.29 is 0 Å². The highest BCUT2D eigenvalue weighted by Crippen LogP contribution is 2.11. The van der Waals surface area contributed by atoms with Crippen molar-refractivity contribution >= 4 is 5.82 Å². The molecule has 0 N–H and O–H groups in total. The van der Waals surface area contributed by atoms with Gasteiger partial charge in [0.1, 0.15) is 17.8 Å². The second-order valence-electron chi connectivity index (χ2n) is 4.66. The molecule has 3 heteroatoms. The topological polar surface area (TPSA) is 29.0 Å². The van der Waals surface area contributed by atoms with Crippen molar-refractivity contribution in [3.63, 3.8) is 0 Å². The summed E-state index contributed by atoms with van der Waals surface area (Å²) in [6, 6.07) is 1.89. The molecule has 0 aromatic carbocycles. The van der Waals surface area contributed by atoms with Gasteiger partial charge in [0.05, 0.1) is 0 Å². The highest BCUT2D eigenvalue weighted by molar-refractivity contribution is 5.42. The maximum atomic E-state index is 4.13. The molecule has 0 saturated carbocycles. The van der Waals surface area contributed by atoms with E-state index < -0.39 is 0 Å². The minimum Gasteiger partial charge on any atom is -0.363 e. The molecular weight excluding hydrogens is 186 g/mol. The summed E-state index contributed by atoms with van der Waals surface area (Å²) in [4.78, 5) is 10.2. The fourth-order valence-electron chi connectivity index (χ4n) is 0.912. The predicted octanol–water partition coefficient (Wildman–Crippen LogP) is 1.94. The Hall–Kier alpha value is -1.56. The zero-order valence-corrected chi connectivity index (χ0v) is 10.00. The second kappa shape index (κ2) is 4.31. The lowest BCUT2D eigenvalue weighted by atomic mass is 9.98. The molecule has 0 radical (unpaired) electrons. The van der Waals surface area contributed by atoms with Gasteiger partial charge in [0.25, 0.3) is 0 Å². The Balaban J connectivity index is 2.95. The fourth-order valence-corrected chi connectivity index (χ4v) is 0.912. The second-order valence-corrected chi connectivity index (χ2v) is 4.66. The van der Waals surface area contributed by atoms with Crippen LogP contribution in [0.2, 0.25) is 0 Å². The summed E-state index contributed by atoms with van der Waals surface area (Å²) in [5.41, 5.74) is 0.770. The zero-order chi connectivity index (χ0) is 11.5. The lowest BCUT2D eigenvalue weighted by Crippen LogP contribution is -2.11. The van der Waals surface area contributed by atoms with Crippen LogP contribution in [0.4, 0.5) is 5.82 Å². The number of aromatic nitrogens is 2. The van der Waals surface area contributed by atoms with Gasteiger partial charge in [-0.15, -0.1) is 0 Å². The maximum Gasteiger partial charge on any atom is 0.132 e. The van der Waals surface area contributed by atoms with E-state index in [-0.39, 0.29) is 5.41 Å². The largest absolute Gasteiger partial charge is 0.363 e. The molecule has 1 aromatic heterocycles. The molecule has 0 amide bonds. The van der Waals surface area contributed by atoms with Crippen LogP contribution in [0.3, 0.4) is 0 Å². The predicted molar refractivity (Wildman–Crippen MR) is 62.7 cm³/mol. The third-order valence-corrected chi connectivity index (χ3v) is 1.68.